The van der Waals surface area contributed by atoms with Gasteiger partial charge in [0, 0.05) is 11.6 Å². The van der Waals surface area contributed by atoms with Crippen LogP contribution in [0.5, 0.6) is 0 Å². The summed E-state index contributed by atoms with van der Waals surface area (Å²) in [5.74, 6) is 0.193. The molecule has 0 bridgehead atoms. The number of ether oxygens (including phenoxy) is 1. The van der Waals surface area contributed by atoms with Crippen LogP contribution in [0.1, 0.15) is 44.9 Å². The van der Waals surface area contributed by atoms with Crippen molar-refractivity contribution >= 4 is 12.0 Å². The zero-order valence-electron chi connectivity index (χ0n) is 11.0. The van der Waals surface area contributed by atoms with Gasteiger partial charge in [-0.25, -0.2) is 9.69 Å². The summed E-state index contributed by atoms with van der Waals surface area (Å²) in [6.45, 7) is 3.74. The van der Waals surface area contributed by atoms with E-state index >= 15 is 0 Å². The van der Waals surface area contributed by atoms with Gasteiger partial charge in [-0.05, 0) is 31.6 Å². The molecule has 4 heteroatoms. The standard InChI is InChI=1S/C14H21NO3/c1-10-8-9-12(11-6-4-3-5-7-11)15(13(10)16)14(17)18-2/h11-12H,1,3-9H2,2H3. The third kappa shape index (κ3) is 2.42. The van der Waals surface area contributed by atoms with Gasteiger partial charge in [0.1, 0.15) is 0 Å². The minimum atomic E-state index is -0.531. The fourth-order valence-corrected chi connectivity index (χ4v) is 3.16. The lowest BCUT2D eigenvalue weighted by molar-refractivity contribution is -0.130. The Morgan fingerprint density at radius 1 is 1.28 bits per heavy atom. The predicted octanol–water partition coefficient (Wildman–Crippen LogP) is 2.88. The van der Waals surface area contributed by atoms with E-state index in [4.69, 9.17) is 4.74 Å². The second-order valence-electron chi connectivity index (χ2n) is 5.25. The van der Waals surface area contributed by atoms with E-state index in [9.17, 15) is 9.59 Å². The second-order valence-corrected chi connectivity index (χ2v) is 5.25. The molecule has 1 aliphatic heterocycles. The Hall–Kier alpha value is -1.32. The van der Waals surface area contributed by atoms with Crippen molar-refractivity contribution in [1.29, 1.82) is 0 Å². The summed E-state index contributed by atoms with van der Waals surface area (Å²) in [6.07, 6.45) is 6.89. The Morgan fingerprint density at radius 2 is 1.94 bits per heavy atom. The van der Waals surface area contributed by atoms with Crippen LogP contribution in [0.25, 0.3) is 0 Å². The van der Waals surface area contributed by atoms with Gasteiger partial charge in [-0.1, -0.05) is 25.8 Å². The number of likely N-dealkylation sites (tertiary alicyclic amines) is 1. The number of imide groups is 1. The highest BCUT2D eigenvalue weighted by Gasteiger charge is 2.40. The van der Waals surface area contributed by atoms with Crippen molar-refractivity contribution in [2.75, 3.05) is 7.11 Å². The van der Waals surface area contributed by atoms with Crippen molar-refractivity contribution in [1.82, 2.24) is 4.90 Å². The average Bonchev–Trinajstić information content (AvgIpc) is 2.42. The Kier molecular flexibility index (Phi) is 4.04. The van der Waals surface area contributed by atoms with Crippen molar-refractivity contribution in [3.63, 3.8) is 0 Å². The molecule has 2 fully saturated rings. The molecule has 0 aromatic rings. The largest absolute Gasteiger partial charge is 0.452 e. The Labute approximate surface area is 108 Å². The van der Waals surface area contributed by atoms with Crippen LogP contribution in [0.15, 0.2) is 12.2 Å². The number of piperidine rings is 1. The highest BCUT2D eigenvalue weighted by Crippen LogP contribution is 2.35. The third-order valence-electron chi connectivity index (χ3n) is 4.16. The van der Waals surface area contributed by atoms with Gasteiger partial charge in [-0.15, -0.1) is 0 Å². The highest BCUT2D eigenvalue weighted by atomic mass is 16.5. The van der Waals surface area contributed by atoms with Crippen LogP contribution in [-0.2, 0) is 9.53 Å². The van der Waals surface area contributed by atoms with Crippen LogP contribution in [0.3, 0.4) is 0 Å². The van der Waals surface area contributed by atoms with Crippen molar-refractivity contribution in [2.45, 2.75) is 51.0 Å². The maximum Gasteiger partial charge on any atom is 0.416 e. The molecule has 0 aromatic carbocycles. The molecule has 0 radical (unpaired) electrons. The zero-order valence-corrected chi connectivity index (χ0v) is 11.0. The minimum absolute atomic E-state index is 0.00995. The summed E-state index contributed by atoms with van der Waals surface area (Å²) in [5.41, 5.74) is 0.521. The Morgan fingerprint density at radius 3 is 2.56 bits per heavy atom. The average molecular weight is 251 g/mol. The van der Waals surface area contributed by atoms with Gasteiger partial charge >= 0.3 is 6.09 Å². The first kappa shape index (κ1) is 13.1. The molecule has 2 amide bonds. The van der Waals surface area contributed by atoms with E-state index in [1.165, 1.54) is 31.3 Å². The van der Waals surface area contributed by atoms with E-state index in [0.717, 1.165) is 19.3 Å². The van der Waals surface area contributed by atoms with Crippen LogP contribution in [0, 0.1) is 5.92 Å². The maximum atomic E-state index is 12.1. The van der Waals surface area contributed by atoms with Crippen LogP contribution >= 0.6 is 0 Å². The molecule has 2 aliphatic rings. The first-order valence-electron chi connectivity index (χ1n) is 6.74. The predicted molar refractivity (Wildman–Crippen MR) is 68.0 cm³/mol. The number of carbonyl (C=O) groups excluding carboxylic acids is 2. The van der Waals surface area contributed by atoms with Gasteiger partial charge < -0.3 is 4.74 Å². The number of amides is 2. The lowest BCUT2D eigenvalue weighted by Gasteiger charge is -2.40. The molecule has 0 aromatic heterocycles. The van der Waals surface area contributed by atoms with Crippen LogP contribution in [0.4, 0.5) is 4.79 Å². The van der Waals surface area contributed by atoms with E-state index in [-0.39, 0.29) is 11.9 Å². The fourth-order valence-electron chi connectivity index (χ4n) is 3.16. The summed E-state index contributed by atoms with van der Waals surface area (Å²) >= 11 is 0. The van der Waals surface area contributed by atoms with E-state index < -0.39 is 6.09 Å². The number of rotatable bonds is 1. The molecule has 0 spiro atoms. The van der Waals surface area contributed by atoms with Gasteiger partial charge in [0.15, 0.2) is 0 Å². The normalized spacial score (nSPS) is 26.3. The number of hydrogen-bond donors (Lipinski definition) is 0. The number of carbonyl (C=O) groups is 2. The molecule has 1 saturated carbocycles. The Bertz CT molecular complexity index is 358. The van der Waals surface area contributed by atoms with E-state index in [1.54, 1.807) is 0 Å². The van der Waals surface area contributed by atoms with Crippen molar-refractivity contribution in [3.05, 3.63) is 12.2 Å². The third-order valence-corrected chi connectivity index (χ3v) is 4.16. The molecule has 1 unspecified atom stereocenters. The van der Waals surface area contributed by atoms with Crippen molar-refractivity contribution < 1.29 is 14.3 Å². The molecule has 2 rings (SSSR count). The molecule has 0 N–H and O–H groups in total. The fraction of sp³-hybridized carbons (Fsp3) is 0.714. The summed E-state index contributed by atoms with van der Waals surface area (Å²) in [6, 6.07) is 0.00995. The molecule has 1 saturated heterocycles. The van der Waals surface area contributed by atoms with Crippen molar-refractivity contribution in [2.24, 2.45) is 5.92 Å². The highest BCUT2D eigenvalue weighted by molar-refractivity contribution is 6.03. The van der Waals surface area contributed by atoms with Crippen LogP contribution < -0.4 is 0 Å². The monoisotopic (exact) mass is 251 g/mol. The van der Waals surface area contributed by atoms with Gasteiger partial charge in [-0.2, -0.15) is 0 Å². The number of methoxy groups -OCH3 is 1. The summed E-state index contributed by atoms with van der Waals surface area (Å²) < 4.78 is 4.75. The molecule has 18 heavy (non-hydrogen) atoms. The zero-order chi connectivity index (χ0) is 13.1. The summed E-state index contributed by atoms with van der Waals surface area (Å²) in [7, 11) is 1.32. The Balaban J connectivity index is 2.17. The first-order chi connectivity index (χ1) is 8.65. The van der Waals surface area contributed by atoms with Gasteiger partial charge in [-0.3, -0.25) is 4.79 Å². The lowest BCUT2D eigenvalue weighted by Crippen LogP contribution is -2.51. The minimum Gasteiger partial charge on any atom is -0.452 e. The molecule has 4 nitrogen and oxygen atoms in total. The molecule has 1 aliphatic carbocycles. The van der Waals surface area contributed by atoms with Gasteiger partial charge in [0.05, 0.1) is 7.11 Å². The van der Waals surface area contributed by atoms with Gasteiger partial charge in [0.2, 0.25) is 0 Å². The maximum absolute atomic E-state index is 12.1. The molecule has 1 heterocycles. The molecule has 1 atom stereocenters. The summed E-state index contributed by atoms with van der Waals surface area (Å²) in [5, 5.41) is 0. The first-order valence-corrected chi connectivity index (χ1v) is 6.74. The van der Waals surface area contributed by atoms with Crippen molar-refractivity contribution in [3.8, 4) is 0 Å². The van der Waals surface area contributed by atoms with Gasteiger partial charge in [0.25, 0.3) is 5.91 Å². The lowest BCUT2D eigenvalue weighted by atomic mass is 9.79. The SMILES string of the molecule is C=C1CCC(C2CCCCC2)N(C(=O)OC)C1=O. The molecular formula is C14H21NO3. The van der Waals surface area contributed by atoms with E-state index in [1.807, 2.05) is 0 Å². The molecular weight excluding hydrogens is 230 g/mol. The molecule has 100 valence electrons. The number of nitrogens with zero attached hydrogens (tertiary/aromatic N) is 1. The number of hydrogen-bond acceptors (Lipinski definition) is 3. The van der Waals surface area contributed by atoms with E-state index in [2.05, 4.69) is 6.58 Å². The summed E-state index contributed by atoms with van der Waals surface area (Å²) in [4.78, 5) is 25.2. The van der Waals surface area contributed by atoms with Crippen LogP contribution in [-0.4, -0.2) is 30.1 Å². The smallest absolute Gasteiger partial charge is 0.416 e. The van der Waals surface area contributed by atoms with E-state index in [0.29, 0.717) is 17.9 Å². The quantitative estimate of drug-likeness (QED) is 0.673. The second kappa shape index (κ2) is 5.55. The van der Waals surface area contributed by atoms with Crippen LogP contribution in [0.2, 0.25) is 0 Å². The topological polar surface area (TPSA) is 46.6 Å².